The molecule has 1 aromatic heterocycles. The summed E-state index contributed by atoms with van der Waals surface area (Å²) in [6.07, 6.45) is 0. The lowest BCUT2D eigenvalue weighted by molar-refractivity contribution is 0.688. The van der Waals surface area contributed by atoms with Crippen molar-refractivity contribution in [2.24, 2.45) is 0 Å². The number of benzene rings is 1. The van der Waals surface area contributed by atoms with E-state index in [-0.39, 0.29) is 5.56 Å². The minimum Gasteiger partial charge on any atom is -0.310 e. The van der Waals surface area contributed by atoms with Crippen molar-refractivity contribution >= 4 is 0 Å². The molecule has 0 saturated carbocycles. The minimum absolute atomic E-state index is 0.119. The average Bonchev–Trinajstić information content (AvgIpc) is 2.37. The number of hydrogen-bond acceptors (Lipinski definition) is 3. The molecule has 2 aromatic rings. The fraction of sp³-hybridized carbons (Fsp3) is 0.231. The van der Waals surface area contributed by atoms with Crippen LogP contribution in [-0.4, -0.2) is 16.5 Å². The Labute approximate surface area is 99.7 Å². The summed E-state index contributed by atoms with van der Waals surface area (Å²) < 4.78 is 0. The van der Waals surface area contributed by atoms with Crippen molar-refractivity contribution in [1.29, 1.82) is 0 Å². The molecule has 0 aliphatic heterocycles. The first-order chi connectivity index (χ1) is 8.29. The van der Waals surface area contributed by atoms with E-state index >= 15 is 0 Å². The predicted molar refractivity (Wildman–Crippen MR) is 67.7 cm³/mol. The molecule has 0 aliphatic carbocycles. The van der Waals surface area contributed by atoms with Crippen LogP contribution in [0.5, 0.6) is 0 Å². The lowest BCUT2D eigenvalue weighted by atomic mass is 10.1. The SMILES string of the molecule is CCNCc1nc(-c2ccccc2)cc(=O)[nH]1. The molecule has 0 spiro atoms. The van der Waals surface area contributed by atoms with Crippen LogP contribution in [0.4, 0.5) is 0 Å². The molecule has 0 unspecified atom stereocenters. The van der Waals surface area contributed by atoms with Gasteiger partial charge in [-0.1, -0.05) is 37.3 Å². The Bertz CT molecular complexity index is 534. The smallest absolute Gasteiger partial charge is 0.251 e. The van der Waals surface area contributed by atoms with Crippen LogP contribution >= 0.6 is 0 Å². The molecule has 4 heteroatoms. The van der Waals surface area contributed by atoms with Gasteiger partial charge in [0.1, 0.15) is 5.82 Å². The highest BCUT2D eigenvalue weighted by molar-refractivity contribution is 5.58. The third kappa shape index (κ3) is 3.01. The lowest BCUT2D eigenvalue weighted by Gasteiger charge is -2.04. The van der Waals surface area contributed by atoms with Crippen molar-refractivity contribution in [2.75, 3.05) is 6.54 Å². The molecule has 0 atom stereocenters. The maximum Gasteiger partial charge on any atom is 0.251 e. The van der Waals surface area contributed by atoms with E-state index in [1.165, 1.54) is 6.07 Å². The standard InChI is InChI=1S/C13H15N3O/c1-2-14-9-12-15-11(8-13(17)16-12)10-6-4-3-5-7-10/h3-8,14H,2,9H2,1H3,(H,15,16,17). The van der Waals surface area contributed by atoms with Crippen molar-refractivity contribution in [3.63, 3.8) is 0 Å². The van der Waals surface area contributed by atoms with Gasteiger partial charge in [-0.15, -0.1) is 0 Å². The van der Waals surface area contributed by atoms with Crippen LogP contribution in [0.25, 0.3) is 11.3 Å². The second-order valence-electron chi connectivity index (χ2n) is 3.72. The Morgan fingerprint density at radius 2 is 2.06 bits per heavy atom. The second kappa shape index (κ2) is 5.41. The summed E-state index contributed by atoms with van der Waals surface area (Å²) in [5.41, 5.74) is 1.55. The van der Waals surface area contributed by atoms with Gasteiger partial charge in [0.25, 0.3) is 5.56 Å². The van der Waals surface area contributed by atoms with E-state index < -0.39 is 0 Å². The Morgan fingerprint density at radius 3 is 2.76 bits per heavy atom. The largest absolute Gasteiger partial charge is 0.310 e. The maximum absolute atomic E-state index is 11.5. The van der Waals surface area contributed by atoms with E-state index in [4.69, 9.17) is 0 Å². The number of aromatic nitrogens is 2. The number of rotatable bonds is 4. The third-order valence-corrected chi connectivity index (χ3v) is 2.40. The maximum atomic E-state index is 11.5. The molecule has 1 aromatic carbocycles. The Hall–Kier alpha value is -1.94. The summed E-state index contributed by atoms with van der Waals surface area (Å²) in [5.74, 6) is 0.665. The summed E-state index contributed by atoms with van der Waals surface area (Å²) in [6.45, 7) is 3.44. The van der Waals surface area contributed by atoms with E-state index in [0.29, 0.717) is 18.1 Å². The molecule has 0 radical (unpaired) electrons. The van der Waals surface area contributed by atoms with Crippen LogP contribution in [0.2, 0.25) is 0 Å². The molecule has 0 saturated heterocycles. The first-order valence-corrected chi connectivity index (χ1v) is 5.66. The molecule has 2 rings (SSSR count). The number of nitrogens with zero attached hydrogens (tertiary/aromatic N) is 1. The van der Waals surface area contributed by atoms with Gasteiger partial charge in [0.15, 0.2) is 0 Å². The van der Waals surface area contributed by atoms with E-state index in [1.807, 2.05) is 37.3 Å². The normalized spacial score (nSPS) is 10.4. The molecule has 4 nitrogen and oxygen atoms in total. The van der Waals surface area contributed by atoms with Crippen LogP contribution in [0, 0.1) is 0 Å². The van der Waals surface area contributed by atoms with E-state index in [2.05, 4.69) is 15.3 Å². The third-order valence-electron chi connectivity index (χ3n) is 2.40. The molecule has 17 heavy (non-hydrogen) atoms. The highest BCUT2D eigenvalue weighted by atomic mass is 16.1. The average molecular weight is 229 g/mol. The Balaban J connectivity index is 2.35. The van der Waals surface area contributed by atoms with E-state index in [9.17, 15) is 4.79 Å². The fourth-order valence-electron chi connectivity index (χ4n) is 1.59. The first kappa shape index (κ1) is 11.5. The van der Waals surface area contributed by atoms with Gasteiger partial charge in [0, 0.05) is 11.6 Å². The highest BCUT2D eigenvalue weighted by Gasteiger charge is 2.02. The van der Waals surface area contributed by atoms with Gasteiger partial charge in [-0.25, -0.2) is 4.98 Å². The van der Waals surface area contributed by atoms with Crippen LogP contribution in [0.15, 0.2) is 41.2 Å². The number of aromatic amines is 1. The Kier molecular flexibility index (Phi) is 3.67. The summed E-state index contributed by atoms with van der Waals surface area (Å²) in [4.78, 5) is 18.7. The van der Waals surface area contributed by atoms with E-state index in [0.717, 1.165) is 12.1 Å². The van der Waals surface area contributed by atoms with Crippen LogP contribution in [0.3, 0.4) is 0 Å². The molecule has 0 aliphatic rings. The number of H-pyrrole nitrogens is 1. The molecule has 1 heterocycles. The summed E-state index contributed by atoms with van der Waals surface area (Å²) in [6, 6.07) is 11.2. The zero-order chi connectivity index (χ0) is 12.1. The number of hydrogen-bond donors (Lipinski definition) is 2. The van der Waals surface area contributed by atoms with Crippen molar-refractivity contribution in [2.45, 2.75) is 13.5 Å². The molecule has 0 amide bonds. The highest BCUT2D eigenvalue weighted by Crippen LogP contribution is 2.13. The quantitative estimate of drug-likeness (QED) is 0.836. The predicted octanol–water partition coefficient (Wildman–Crippen LogP) is 1.55. The van der Waals surface area contributed by atoms with Gasteiger partial charge < -0.3 is 10.3 Å². The second-order valence-corrected chi connectivity index (χ2v) is 3.72. The minimum atomic E-state index is -0.119. The monoisotopic (exact) mass is 229 g/mol. The van der Waals surface area contributed by atoms with Crippen molar-refractivity contribution in [3.05, 3.63) is 52.6 Å². The van der Waals surface area contributed by atoms with E-state index in [1.54, 1.807) is 0 Å². The summed E-state index contributed by atoms with van der Waals surface area (Å²) in [7, 11) is 0. The zero-order valence-electron chi connectivity index (χ0n) is 9.73. The van der Waals surface area contributed by atoms with Crippen LogP contribution < -0.4 is 10.9 Å². The van der Waals surface area contributed by atoms with Crippen LogP contribution in [0.1, 0.15) is 12.7 Å². The zero-order valence-corrected chi connectivity index (χ0v) is 9.73. The Morgan fingerprint density at radius 1 is 1.29 bits per heavy atom. The van der Waals surface area contributed by atoms with Gasteiger partial charge in [-0.2, -0.15) is 0 Å². The first-order valence-electron chi connectivity index (χ1n) is 5.66. The summed E-state index contributed by atoms with van der Waals surface area (Å²) >= 11 is 0. The van der Waals surface area contributed by atoms with Gasteiger partial charge in [0.05, 0.1) is 12.2 Å². The van der Waals surface area contributed by atoms with Crippen molar-refractivity contribution < 1.29 is 0 Å². The lowest BCUT2D eigenvalue weighted by Crippen LogP contribution is -2.18. The van der Waals surface area contributed by atoms with Gasteiger partial charge in [0.2, 0.25) is 0 Å². The molecule has 0 bridgehead atoms. The topological polar surface area (TPSA) is 57.8 Å². The molecule has 88 valence electrons. The molecule has 0 fully saturated rings. The fourth-order valence-corrected chi connectivity index (χ4v) is 1.59. The van der Waals surface area contributed by atoms with Gasteiger partial charge >= 0.3 is 0 Å². The van der Waals surface area contributed by atoms with Crippen molar-refractivity contribution in [1.82, 2.24) is 15.3 Å². The van der Waals surface area contributed by atoms with Gasteiger partial charge in [-0.3, -0.25) is 4.79 Å². The van der Waals surface area contributed by atoms with Gasteiger partial charge in [-0.05, 0) is 6.54 Å². The van der Waals surface area contributed by atoms with Crippen molar-refractivity contribution in [3.8, 4) is 11.3 Å². The number of nitrogens with one attached hydrogen (secondary N) is 2. The molecular formula is C13H15N3O. The molecule has 2 N–H and O–H groups in total. The summed E-state index contributed by atoms with van der Waals surface area (Å²) in [5, 5.41) is 3.14. The molecular weight excluding hydrogens is 214 g/mol. The van der Waals surface area contributed by atoms with Crippen LogP contribution in [-0.2, 0) is 6.54 Å².